The Bertz CT molecular complexity index is 829. The summed E-state index contributed by atoms with van der Waals surface area (Å²) in [6.45, 7) is 0.507. The number of aromatic nitrogens is 4. The van der Waals surface area contributed by atoms with Gasteiger partial charge in [-0.1, -0.05) is 0 Å². The number of carboxylic acids is 2. The van der Waals surface area contributed by atoms with Crippen molar-refractivity contribution in [2.45, 2.75) is 6.54 Å². The van der Waals surface area contributed by atoms with E-state index in [4.69, 9.17) is 30.5 Å². The second kappa shape index (κ2) is 9.58. The maximum absolute atomic E-state index is 10.6. The largest absolute Gasteiger partial charge is 0.478 e. The molecule has 0 aliphatic rings. The fourth-order valence-corrected chi connectivity index (χ4v) is 1.92. The number of imidazole rings is 1. The quantitative estimate of drug-likeness (QED) is 0.225. The number of carboxylic acid groups (broad SMARTS) is 2. The molecule has 142 valence electrons. The molecule has 0 saturated carbocycles. The Balaban J connectivity index is 0.000000359. The molecule has 13 nitrogen and oxygen atoms in total. The number of ether oxygens (including phenoxy) is 1. The molecule has 14 heteroatoms. The van der Waals surface area contributed by atoms with Gasteiger partial charge in [-0.05, 0) is 0 Å². The van der Waals surface area contributed by atoms with E-state index in [0.717, 1.165) is 0 Å². The Morgan fingerprint density at radius 2 is 1.81 bits per heavy atom. The molecule has 0 amide bonds. The Morgan fingerprint density at radius 1 is 1.19 bits per heavy atom. The van der Waals surface area contributed by atoms with Gasteiger partial charge in [-0.2, -0.15) is 0 Å². The van der Waals surface area contributed by atoms with Crippen molar-refractivity contribution in [3.63, 3.8) is 0 Å². The molecule has 26 heavy (non-hydrogen) atoms. The number of rotatable bonds is 7. The zero-order valence-electron chi connectivity index (χ0n) is 13.2. The number of fused-ring (bicyclic) bond motifs is 1. The van der Waals surface area contributed by atoms with E-state index >= 15 is 0 Å². The lowest BCUT2D eigenvalue weighted by Crippen LogP contribution is -2.07. The molecule has 0 aromatic carbocycles. The predicted molar refractivity (Wildman–Crippen MR) is 87.0 cm³/mol. The summed E-state index contributed by atoms with van der Waals surface area (Å²) in [5, 5.41) is 15.6. The lowest BCUT2D eigenvalue weighted by Gasteiger charge is -2.06. The smallest absolute Gasteiger partial charge is 0.350 e. The van der Waals surface area contributed by atoms with Crippen LogP contribution in [0.3, 0.4) is 0 Å². The molecule has 2 rings (SSSR count). The number of aliphatic carboxylic acids is 2. The van der Waals surface area contributed by atoms with E-state index < -0.39 is 25.9 Å². The van der Waals surface area contributed by atoms with Crippen molar-refractivity contribution in [1.29, 1.82) is 0 Å². The average Bonchev–Trinajstić information content (AvgIpc) is 2.94. The fraction of sp³-hybridized carbons (Fsp3) is 0.250. The lowest BCUT2D eigenvalue weighted by molar-refractivity contribution is -0.134. The number of hydrogen-bond donors (Lipinski definition) is 5. The van der Waals surface area contributed by atoms with Crippen LogP contribution in [0.15, 0.2) is 24.8 Å². The first kappa shape index (κ1) is 21.2. The van der Waals surface area contributed by atoms with Crippen molar-refractivity contribution in [3.8, 4) is 0 Å². The van der Waals surface area contributed by atoms with Crippen LogP contribution in [-0.2, 0) is 25.4 Å². The summed E-state index contributed by atoms with van der Waals surface area (Å²) in [6, 6.07) is 0. The number of hydrogen-bond acceptors (Lipinski definition) is 8. The van der Waals surface area contributed by atoms with Crippen molar-refractivity contribution < 1.29 is 38.9 Å². The third-order valence-corrected chi connectivity index (χ3v) is 3.05. The number of nitrogens with zero attached hydrogens (tertiary/aromatic N) is 4. The van der Waals surface area contributed by atoms with Crippen molar-refractivity contribution in [1.82, 2.24) is 19.5 Å². The highest BCUT2D eigenvalue weighted by Crippen LogP contribution is 2.33. The Hall–Kier alpha value is -2.86. The van der Waals surface area contributed by atoms with Gasteiger partial charge in [-0.25, -0.2) is 24.5 Å². The minimum Gasteiger partial charge on any atom is -0.478 e. The van der Waals surface area contributed by atoms with Gasteiger partial charge in [-0.15, -0.1) is 0 Å². The molecule has 0 atom stereocenters. The second-order valence-electron chi connectivity index (χ2n) is 4.58. The third kappa shape index (κ3) is 7.81. The van der Waals surface area contributed by atoms with Crippen LogP contribution in [0, 0.1) is 0 Å². The summed E-state index contributed by atoms with van der Waals surface area (Å²) in [7, 11) is -4.12. The number of nitrogens with two attached hydrogens (primary N) is 1. The highest BCUT2D eigenvalue weighted by Gasteiger charge is 2.13. The number of nitrogen functional groups attached to an aromatic ring is 1. The van der Waals surface area contributed by atoms with E-state index in [1.165, 1.54) is 12.7 Å². The van der Waals surface area contributed by atoms with Gasteiger partial charge in [0.2, 0.25) is 0 Å². The van der Waals surface area contributed by atoms with Crippen LogP contribution in [0.4, 0.5) is 5.82 Å². The summed E-state index contributed by atoms with van der Waals surface area (Å²) in [4.78, 5) is 48.2. The molecule has 0 aliphatic carbocycles. The van der Waals surface area contributed by atoms with E-state index in [-0.39, 0.29) is 12.4 Å². The van der Waals surface area contributed by atoms with Gasteiger partial charge in [0, 0.05) is 18.7 Å². The van der Waals surface area contributed by atoms with Gasteiger partial charge in [0.05, 0.1) is 12.9 Å². The van der Waals surface area contributed by atoms with Crippen LogP contribution in [0.25, 0.3) is 11.2 Å². The molecular formula is C12H16N5O8P. The van der Waals surface area contributed by atoms with E-state index in [2.05, 4.69) is 15.0 Å². The maximum Gasteiger partial charge on any atom is 0.350 e. The van der Waals surface area contributed by atoms with Crippen LogP contribution in [0.1, 0.15) is 0 Å². The first-order valence-electron chi connectivity index (χ1n) is 6.77. The van der Waals surface area contributed by atoms with Gasteiger partial charge < -0.3 is 35.0 Å². The Labute approximate surface area is 145 Å². The minimum absolute atomic E-state index is 0.139. The molecule has 0 unspecified atom stereocenters. The highest BCUT2D eigenvalue weighted by atomic mass is 31.2. The summed E-state index contributed by atoms with van der Waals surface area (Å²) in [6.07, 6.45) is 3.37. The molecule has 0 saturated heterocycles. The molecule has 0 bridgehead atoms. The summed E-state index contributed by atoms with van der Waals surface area (Å²) in [5.74, 6) is -2.23. The Morgan fingerprint density at radius 3 is 2.35 bits per heavy atom. The van der Waals surface area contributed by atoms with E-state index in [9.17, 15) is 14.2 Å². The SMILES string of the molecule is Nc1ncnc2c1ncn2CCOCP(=O)(O)O.O=C(O)/C=C/C(=O)O. The maximum atomic E-state index is 10.6. The van der Waals surface area contributed by atoms with Crippen molar-refractivity contribution in [2.75, 3.05) is 18.7 Å². The summed E-state index contributed by atoms with van der Waals surface area (Å²) in [5.41, 5.74) is 6.67. The Kier molecular flexibility index (Phi) is 7.80. The second-order valence-corrected chi connectivity index (χ2v) is 6.17. The van der Waals surface area contributed by atoms with Gasteiger partial charge >= 0.3 is 19.5 Å². The molecule has 0 fully saturated rings. The van der Waals surface area contributed by atoms with E-state index in [1.54, 1.807) is 4.57 Å². The van der Waals surface area contributed by atoms with Crippen LogP contribution >= 0.6 is 7.60 Å². The summed E-state index contributed by atoms with van der Waals surface area (Å²) >= 11 is 0. The molecule has 2 heterocycles. The van der Waals surface area contributed by atoms with Crippen LogP contribution in [0.5, 0.6) is 0 Å². The van der Waals surface area contributed by atoms with Crippen LogP contribution in [-0.4, -0.2) is 64.4 Å². The molecule has 0 aliphatic heterocycles. The molecule has 2 aromatic heterocycles. The van der Waals surface area contributed by atoms with Gasteiger partial charge in [0.1, 0.15) is 18.2 Å². The minimum atomic E-state index is -4.12. The zero-order chi connectivity index (χ0) is 19.7. The van der Waals surface area contributed by atoms with Crippen LogP contribution in [0.2, 0.25) is 0 Å². The average molecular weight is 389 g/mol. The van der Waals surface area contributed by atoms with Crippen molar-refractivity contribution >= 4 is 36.5 Å². The number of carbonyl (C=O) groups is 2. The first-order valence-corrected chi connectivity index (χ1v) is 8.57. The van der Waals surface area contributed by atoms with E-state index in [0.29, 0.717) is 29.9 Å². The molecule has 2 aromatic rings. The monoisotopic (exact) mass is 389 g/mol. The first-order chi connectivity index (χ1) is 12.1. The molecular weight excluding hydrogens is 373 g/mol. The predicted octanol–water partition coefficient (Wildman–Crippen LogP) is -0.728. The van der Waals surface area contributed by atoms with Gasteiger partial charge in [0.25, 0.3) is 0 Å². The normalized spacial score (nSPS) is 11.3. The van der Waals surface area contributed by atoms with Crippen LogP contribution < -0.4 is 5.73 Å². The molecule has 0 radical (unpaired) electrons. The highest BCUT2D eigenvalue weighted by molar-refractivity contribution is 7.51. The fourth-order valence-electron chi connectivity index (χ4n) is 1.55. The third-order valence-electron chi connectivity index (χ3n) is 2.53. The summed E-state index contributed by atoms with van der Waals surface area (Å²) < 4.78 is 17.1. The number of anilines is 1. The molecule has 0 spiro atoms. The lowest BCUT2D eigenvalue weighted by atomic mass is 10.5. The molecule has 6 N–H and O–H groups in total. The van der Waals surface area contributed by atoms with Crippen molar-refractivity contribution in [3.05, 3.63) is 24.8 Å². The topological polar surface area (TPSA) is 211 Å². The standard InChI is InChI=1S/C8H12N5O4P.C4H4O4/c9-7-6-8(11-3-10-7)13(4-12-6)1-2-17-5-18(14,15)16;5-3(6)1-2-4(7)8/h3-4H,1-2,5H2,(H2,9,10,11)(H2,14,15,16);1-2H,(H,5,6)(H,7,8)/b;2-1+. The van der Waals surface area contributed by atoms with Crippen molar-refractivity contribution in [2.24, 2.45) is 0 Å². The van der Waals surface area contributed by atoms with E-state index in [1.807, 2.05) is 0 Å². The zero-order valence-corrected chi connectivity index (χ0v) is 14.1. The van der Waals surface area contributed by atoms with Gasteiger partial charge in [0.15, 0.2) is 11.5 Å². The van der Waals surface area contributed by atoms with Gasteiger partial charge in [-0.3, -0.25) is 4.57 Å².